The van der Waals surface area contributed by atoms with Crippen molar-refractivity contribution >= 4 is 13.3 Å². The Morgan fingerprint density at radius 1 is 0.968 bits per heavy atom. The Morgan fingerprint density at radius 2 is 1.65 bits per heavy atom. The zero-order valence-electron chi connectivity index (χ0n) is 17.7. The van der Waals surface area contributed by atoms with Gasteiger partial charge in [-0.15, -0.1) is 0 Å². The number of hydrogen-bond acceptors (Lipinski definition) is 4. The normalized spacial score (nSPS) is 16.0. The highest BCUT2D eigenvalue weighted by molar-refractivity contribution is 7.51. The van der Waals surface area contributed by atoms with Crippen molar-refractivity contribution in [1.29, 1.82) is 0 Å². The molecule has 1 atom stereocenters. The highest BCUT2D eigenvalue weighted by Gasteiger charge is 2.30. The number of nitrogens with zero attached hydrogens (tertiary/aromatic N) is 1. The van der Waals surface area contributed by atoms with E-state index in [-0.39, 0.29) is 0 Å². The maximum Gasteiger partial charge on any atom is 0.460 e. The number of benzene rings is 3. The van der Waals surface area contributed by atoms with Gasteiger partial charge < -0.3 is 9.26 Å². The fourth-order valence-corrected chi connectivity index (χ4v) is 4.86. The quantitative estimate of drug-likeness (QED) is 0.416. The Bertz CT molecular complexity index is 1060. The predicted octanol–water partition coefficient (Wildman–Crippen LogP) is 6.17. The van der Waals surface area contributed by atoms with E-state index in [2.05, 4.69) is 24.3 Å². The molecule has 0 bridgehead atoms. The van der Waals surface area contributed by atoms with Crippen molar-refractivity contribution in [3.8, 4) is 11.5 Å². The van der Waals surface area contributed by atoms with Crippen molar-refractivity contribution < 1.29 is 18.3 Å². The number of ether oxygens (including phenoxy) is 1. The summed E-state index contributed by atoms with van der Waals surface area (Å²) in [7, 11) is -0.280. The fourth-order valence-electron chi connectivity index (χ4n) is 3.62. The zero-order valence-corrected chi connectivity index (χ0v) is 18.6. The average Bonchev–Trinajstić information content (AvgIpc) is 2.97. The Hall–Kier alpha value is -2.85. The van der Waals surface area contributed by atoms with Crippen molar-refractivity contribution in [2.75, 3.05) is 20.7 Å². The van der Waals surface area contributed by atoms with Gasteiger partial charge in [-0.2, -0.15) is 0 Å². The summed E-state index contributed by atoms with van der Waals surface area (Å²) in [6, 6.07) is 25.4. The third kappa shape index (κ3) is 4.75. The van der Waals surface area contributed by atoms with Crippen LogP contribution in [0.4, 0.5) is 0 Å². The third-order valence-electron chi connectivity index (χ3n) is 5.28. The molecule has 0 saturated carbocycles. The van der Waals surface area contributed by atoms with Crippen LogP contribution in [-0.2, 0) is 15.7 Å². The van der Waals surface area contributed by atoms with Crippen LogP contribution in [0.3, 0.4) is 0 Å². The molecule has 6 heteroatoms. The molecule has 0 aromatic heterocycles. The minimum absolute atomic E-state index is 0.507. The van der Waals surface area contributed by atoms with Crippen molar-refractivity contribution in [2.45, 2.75) is 13.0 Å². The van der Waals surface area contributed by atoms with Crippen LogP contribution in [0.1, 0.15) is 23.1 Å². The Morgan fingerprint density at radius 3 is 2.42 bits per heavy atom. The number of rotatable bonds is 7. The first-order valence-electron chi connectivity index (χ1n) is 10.2. The molecular formula is C25H26NO4P. The molecule has 4 rings (SSSR count). The van der Waals surface area contributed by atoms with Crippen LogP contribution in [0, 0.1) is 0 Å². The molecule has 160 valence electrons. The van der Waals surface area contributed by atoms with Crippen LogP contribution in [0.2, 0.25) is 0 Å². The summed E-state index contributed by atoms with van der Waals surface area (Å²) in [4.78, 5) is 0. The lowest BCUT2D eigenvalue weighted by Gasteiger charge is -2.25. The van der Waals surface area contributed by atoms with Crippen molar-refractivity contribution in [3.63, 3.8) is 0 Å². The molecule has 0 spiro atoms. The molecule has 0 N–H and O–H groups in total. The van der Waals surface area contributed by atoms with Gasteiger partial charge in [0.1, 0.15) is 18.1 Å². The first-order chi connectivity index (χ1) is 15.1. The summed E-state index contributed by atoms with van der Waals surface area (Å²) >= 11 is 0. The topological polar surface area (TPSA) is 48.0 Å². The lowest BCUT2D eigenvalue weighted by Crippen LogP contribution is -2.20. The minimum atomic E-state index is -3.44. The molecule has 0 amide bonds. The van der Waals surface area contributed by atoms with E-state index < -0.39 is 7.75 Å². The molecule has 1 unspecified atom stereocenters. The molecule has 1 heterocycles. The first-order valence-corrected chi connectivity index (χ1v) is 11.7. The van der Waals surface area contributed by atoms with Crippen LogP contribution in [-0.4, -0.2) is 25.4 Å². The van der Waals surface area contributed by atoms with Crippen LogP contribution in [0.15, 0.2) is 84.9 Å². The maximum absolute atomic E-state index is 13.2. The lowest BCUT2D eigenvalue weighted by molar-refractivity contribution is 0.260. The molecule has 3 aromatic carbocycles. The Kier molecular flexibility index (Phi) is 6.57. The summed E-state index contributed by atoms with van der Waals surface area (Å²) in [6.07, 6.45) is 2.84. The highest BCUT2D eigenvalue weighted by Crippen LogP contribution is 2.50. The lowest BCUT2D eigenvalue weighted by atomic mass is 9.93. The van der Waals surface area contributed by atoms with Gasteiger partial charge in [-0.25, -0.2) is 9.24 Å². The van der Waals surface area contributed by atoms with Crippen LogP contribution in [0.5, 0.6) is 11.5 Å². The largest absolute Gasteiger partial charge is 0.488 e. The molecule has 0 fully saturated rings. The van der Waals surface area contributed by atoms with Gasteiger partial charge >= 0.3 is 7.75 Å². The minimum Gasteiger partial charge on any atom is -0.488 e. The molecule has 0 aliphatic carbocycles. The second-order valence-electron chi connectivity index (χ2n) is 7.29. The van der Waals surface area contributed by atoms with Crippen molar-refractivity contribution in [1.82, 2.24) is 4.67 Å². The molecule has 0 saturated heterocycles. The molecular weight excluding hydrogens is 409 g/mol. The van der Waals surface area contributed by atoms with E-state index in [4.69, 9.17) is 13.8 Å². The van der Waals surface area contributed by atoms with Gasteiger partial charge in [0.15, 0.2) is 0 Å². The van der Waals surface area contributed by atoms with Crippen molar-refractivity contribution in [3.05, 3.63) is 102 Å². The van der Waals surface area contributed by atoms with Crippen LogP contribution < -0.4 is 9.26 Å². The highest BCUT2D eigenvalue weighted by atomic mass is 31.2. The van der Waals surface area contributed by atoms with Gasteiger partial charge in [-0.1, -0.05) is 66.7 Å². The summed E-state index contributed by atoms with van der Waals surface area (Å²) in [5.41, 5.74) is 4.48. The molecule has 1 aliphatic heterocycles. The molecule has 3 aromatic rings. The summed E-state index contributed by atoms with van der Waals surface area (Å²) < 4.78 is 31.9. The SMILES string of the molecule is COP(=O)(Oc1ccccc1)N(C)CCC=C1c2ccccc2COc2ccccc21. The first kappa shape index (κ1) is 21.4. The Balaban J connectivity index is 1.56. The summed E-state index contributed by atoms with van der Waals surface area (Å²) in [6.45, 7) is 1.04. The van der Waals surface area contributed by atoms with E-state index in [1.165, 1.54) is 7.11 Å². The van der Waals surface area contributed by atoms with Gasteiger partial charge in [-0.3, -0.25) is 4.52 Å². The third-order valence-corrected chi connectivity index (χ3v) is 7.22. The van der Waals surface area contributed by atoms with Gasteiger partial charge in [0, 0.05) is 19.2 Å². The summed E-state index contributed by atoms with van der Waals surface area (Å²) in [5.74, 6) is 1.38. The number of fused-ring (bicyclic) bond motifs is 2. The monoisotopic (exact) mass is 435 g/mol. The maximum atomic E-state index is 13.2. The molecule has 5 nitrogen and oxygen atoms in total. The van der Waals surface area contributed by atoms with E-state index in [0.717, 1.165) is 28.0 Å². The summed E-state index contributed by atoms with van der Waals surface area (Å²) in [5, 5.41) is 0. The van der Waals surface area contributed by atoms with Gasteiger partial charge in [0.2, 0.25) is 0 Å². The van der Waals surface area contributed by atoms with E-state index in [1.807, 2.05) is 48.5 Å². The van der Waals surface area contributed by atoms with Gasteiger partial charge in [0.05, 0.1) is 0 Å². The van der Waals surface area contributed by atoms with Crippen LogP contribution >= 0.6 is 7.75 Å². The van der Waals surface area contributed by atoms with E-state index in [9.17, 15) is 4.57 Å². The van der Waals surface area contributed by atoms with Gasteiger partial charge in [-0.05, 0) is 48.4 Å². The standard InChI is InChI=1S/C25H26NO4P/c1-26(31(27,28-2)30-21-12-4-3-5-13-21)18-10-16-23-22-14-7-6-11-20(22)19-29-25-17-9-8-15-24(23)25/h3-9,11-17H,10,18-19H2,1-2H3. The number of para-hydroxylation sites is 2. The zero-order chi connectivity index (χ0) is 21.7. The van der Waals surface area contributed by atoms with E-state index >= 15 is 0 Å². The van der Waals surface area contributed by atoms with Crippen molar-refractivity contribution in [2.24, 2.45) is 0 Å². The van der Waals surface area contributed by atoms with E-state index in [1.54, 1.807) is 23.9 Å². The van der Waals surface area contributed by atoms with Gasteiger partial charge in [0.25, 0.3) is 0 Å². The fraction of sp³-hybridized carbons (Fsp3) is 0.200. The molecule has 1 aliphatic rings. The number of hydrogen-bond donors (Lipinski definition) is 0. The van der Waals surface area contributed by atoms with E-state index in [0.29, 0.717) is 25.3 Å². The molecule has 31 heavy (non-hydrogen) atoms. The average molecular weight is 435 g/mol. The molecule has 0 radical (unpaired) electrons. The predicted molar refractivity (Wildman–Crippen MR) is 123 cm³/mol. The second-order valence-corrected chi connectivity index (χ2v) is 9.45. The smallest absolute Gasteiger partial charge is 0.460 e. The Labute approximate surface area is 183 Å². The second kappa shape index (κ2) is 9.52. The van der Waals surface area contributed by atoms with Crippen LogP contribution in [0.25, 0.3) is 5.57 Å².